The molecule has 0 radical (unpaired) electrons. The largest absolute Gasteiger partial charge is 0.458 e. The van der Waals surface area contributed by atoms with E-state index in [1.54, 1.807) is 17.5 Å². The fraction of sp³-hybridized carbons (Fsp3) is 0.375. The van der Waals surface area contributed by atoms with E-state index in [4.69, 9.17) is 9.15 Å². The van der Waals surface area contributed by atoms with Crippen LogP contribution in [0.25, 0.3) is 11.5 Å². The molecule has 0 aliphatic carbocycles. The van der Waals surface area contributed by atoms with E-state index >= 15 is 0 Å². The van der Waals surface area contributed by atoms with Gasteiger partial charge in [-0.3, -0.25) is 9.59 Å². The average Bonchev–Trinajstić information content (AvgIpc) is 3.32. The molecule has 2 N–H and O–H groups in total. The van der Waals surface area contributed by atoms with Crippen LogP contribution in [0.3, 0.4) is 0 Å². The Kier molecular flexibility index (Phi) is 5.52. The van der Waals surface area contributed by atoms with Gasteiger partial charge in [-0.2, -0.15) is 0 Å². The summed E-state index contributed by atoms with van der Waals surface area (Å²) in [6, 6.07) is 3.52. The third kappa shape index (κ3) is 4.60. The van der Waals surface area contributed by atoms with Crippen LogP contribution in [0.2, 0.25) is 0 Å². The molecule has 0 atom stereocenters. The fourth-order valence-corrected chi connectivity index (χ4v) is 3.03. The van der Waals surface area contributed by atoms with Crippen molar-refractivity contribution in [2.75, 3.05) is 25.0 Å². The molecule has 3 heterocycles. The number of thiazole rings is 1. The average molecular weight is 378 g/mol. The molecule has 0 aromatic carbocycles. The Morgan fingerprint density at radius 1 is 1.38 bits per heavy atom. The number of anilines is 1. The smallest absolute Gasteiger partial charge is 0.409 e. The van der Waals surface area contributed by atoms with Crippen LogP contribution >= 0.6 is 11.3 Å². The van der Waals surface area contributed by atoms with Crippen molar-refractivity contribution in [1.29, 1.82) is 0 Å². The summed E-state index contributed by atoms with van der Waals surface area (Å²) in [5, 5.41) is 7.59. The molecule has 1 aliphatic heterocycles. The zero-order valence-electron chi connectivity index (χ0n) is 14.1. The van der Waals surface area contributed by atoms with Gasteiger partial charge in [-0.1, -0.05) is 0 Å². The lowest BCUT2D eigenvalue weighted by molar-refractivity contribution is -0.119. The Labute approximate surface area is 153 Å². The summed E-state index contributed by atoms with van der Waals surface area (Å²) in [5.41, 5.74) is 0.600. The van der Waals surface area contributed by atoms with Crippen LogP contribution < -0.4 is 10.6 Å². The number of carbonyl (C=O) groups is 3. The minimum Gasteiger partial charge on any atom is -0.458 e. The standard InChI is InChI=1S/C16H18N4O5S/c1-10(21)17-8-11-2-3-13(25-11)12-9-26-15(18-12)19-14(22)4-5-20-6-7-24-16(20)23/h2-3,9H,4-8H2,1H3,(H,17,21)(H,18,19,22). The number of amides is 3. The first-order valence-electron chi connectivity index (χ1n) is 8.02. The van der Waals surface area contributed by atoms with Gasteiger partial charge in [0.1, 0.15) is 18.1 Å². The minimum atomic E-state index is -0.387. The zero-order valence-corrected chi connectivity index (χ0v) is 14.9. The third-order valence-corrected chi connectivity index (χ3v) is 4.39. The number of nitrogens with zero attached hydrogens (tertiary/aromatic N) is 2. The number of hydrogen-bond acceptors (Lipinski definition) is 7. The highest BCUT2D eigenvalue weighted by Crippen LogP contribution is 2.26. The van der Waals surface area contributed by atoms with E-state index in [9.17, 15) is 14.4 Å². The van der Waals surface area contributed by atoms with E-state index in [-0.39, 0.29) is 24.3 Å². The molecule has 26 heavy (non-hydrogen) atoms. The molecule has 1 fully saturated rings. The lowest BCUT2D eigenvalue weighted by atomic mass is 10.3. The Morgan fingerprint density at radius 3 is 2.96 bits per heavy atom. The van der Waals surface area contributed by atoms with Gasteiger partial charge in [0, 0.05) is 25.3 Å². The van der Waals surface area contributed by atoms with E-state index in [1.165, 1.54) is 23.2 Å². The van der Waals surface area contributed by atoms with Gasteiger partial charge >= 0.3 is 6.09 Å². The maximum atomic E-state index is 12.0. The quantitative estimate of drug-likeness (QED) is 0.760. The number of rotatable bonds is 7. The predicted molar refractivity (Wildman–Crippen MR) is 93.5 cm³/mol. The van der Waals surface area contributed by atoms with Crippen molar-refractivity contribution >= 4 is 34.4 Å². The van der Waals surface area contributed by atoms with Crippen molar-refractivity contribution in [2.24, 2.45) is 0 Å². The molecule has 0 saturated carbocycles. The molecule has 9 nitrogen and oxygen atoms in total. The Balaban J connectivity index is 1.51. The van der Waals surface area contributed by atoms with Gasteiger partial charge in [-0.05, 0) is 12.1 Å². The fourth-order valence-electron chi connectivity index (χ4n) is 2.31. The Hall–Kier alpha value is -2.88. The highest BCUT2D eigenvalue weighted by atomic mass is 32.1. The molecular weight excluding hydrogens is 360 g/mol. The topological polar surface area (TPSA) is 114 Å². The Morgan fingerprint density at radius 2 is 2.23 bits per heavy atom. The number of carbonyl (C=O) groups excluding carboxylic acids is 3. The first kappa shape index (κ1) is 17.9. The van der Waals surface area contributed by atoms with Crippen molar-refractivity contribution in [2.45, 2.75) is 19.9 Å². The normalized spacial score (nSPS) is 13.6. The molecule has 0 bridgehead atoms. The van der Waals surface area contributed by atoms with E-state index in [1.807, 2.05) is 0 Å². The molecule has 2 aromatic heterocycles. The first-order valence-corrected chi connectivity index (χ1v) is 8.90. The van der Waals surface area contributed by atoms with Gasteiger partial charge in [0.05, 0.1) is 13.1 Å². The van der Waals surface area contributed by atoms with Gasteiger partial charge in [-0.25, -0.2) is 9.78 Å². The highest BCUT2D eigenvalue weighted by molar-refractivity contribution is 7.14. The first-order chi connectivity index (χ1) is 12.5. The number of aromatic nitrogens is 1. The predicted octanol–water partition coefficient (Wildman–Crippen LogP) is 1.82. The number of ether oxygens (including phenoxy) is 1. The number of nitrogens with one attached hydrogen (secondary N) is 2. The van der Waals surface area contributed by atoms with Gasteiger partial charge in [0.2, 0.25) is 11.8 Å². The summed E-state index contributed by atoms with van der Waals surface area (Å²) >= 11 is 1.28. The molecule has 138 valence electrons. The summed E-state index contributed by atoms with van der Waals surface area (Å²) < 4.78 is 10.4. The van der Waals surface area contributed by atoms with E-state index in [0.29, 0.717) is 48.6 Å². The van der Waals surface area contributed by atoms with Crippen LogP contribution in [0.1, 0.15) is 19.1 Å². The van der Waals surface area contributed by atoms with Crippen molar-refractivity contribution < 1.29 is 23.5 Å². The van der Waals surface area contributed by atoms with Crippen LogP contribution in [0.15, 0.2) is 21.9 Å². The van der Waals surface area contributed by atoms with Crippen LogP contribution in [0.4, 0.5) is 9.93 Å². The van der Waals surface area contributed by atoms with Gasteiger partial charge in [0.25, 0.3) is 0 Å². The SMILES string of the molecule is CC(=O)NCc1ccc(-c2csc(NC(=O)CCN3CCOC3=O)n2)o1. The molecule has 10 heteroatoms. The second kappa shape index (κ2) is 8.00. The monoisotopic (exact) mass is 378 g/mol. The summed E-state index contributed by atoms with van der Waals surface area (Å²) in [6.45, 7) is 2.93. The summed E-state index contributed by atoms with van der Waals surface area (Å²) in [7, 11) is 0. The van der Waals surface area contributed by atoms with Gasteiger partial charge < -0.3 is 24.7 Å². The highest BCUT2D eigenvalue weighted by Gasteiger charge is 2.22. The molecule has 1 aliphatic rings. The molecule has 2 aromatic rings. The summed E-state index contributed by atoms with van der Waals surface area (Å²) in [4.78, 5) is 40.0. The van der Waals surface area contributed by atoms with Crippen molar-refractivity contribution in [1.82, 2.24) is 15.2 Å². The van der Waals surface area contributed by atoms with Crippen LogP contribution in [-0.4, -0.2) is 47.5 Å². The van der Waals surface area contributed by atoms with E-state index < -0.39 is 0 Å². The molecule has 0 spiro atoms. The maximum absolute atomic E-state index is 12.0. The maximum Gasteiger partial charge on any atom is 0.409 e. The third-order valence-electron chi connectivity index (χ3n) is 3.63. The molecule has 3 rings (SSSR count). The minimum absolute atomic E-state index is 0.135. The molecule has 0 unspecified atom stereocenters. The van der Waals surface area contributed by atoms with Gasteiger partial charge in [0.15, 0.2) is 10.9 Å². The van der Waals surface area contributed by atoms with Crippen LogP contribution in [-0.2, 0) is 20.9 Å². The van der Waals surface area contributed by atoms with E-state index in [2.05, 4.69) is 15.6 Å². The van der Waals surface area contributed by atoms with Crippen LogP contribution in [0, 0.1) is 0 Å². The number of furan rings is 1. The molecule has 3 amide bonds. The van der Waals surface area contributed by atoms with Crippen molar-refractivity contribution in [3.05, 3.63) is 23.3 Å². The second-order valence-corrected chi connectivity index (χ2v) is 6.47. The molecular formula is C16H18N4O5S. The lowest BCUT2D eigenvalue weighted by Gasteiger charge is -2.11. The Bertz CT molecular complexity index is 815. The summed E-state index contributed by atoms with van der Waals surface area (Å²) in [5.74, 6) is 0.813. The lowest BCUT2D eigenvalue weighted by Crippen LogP contribution is -2.28. The van der Waals surface area contributed by atoms with Crippen molar-refractivity contribution in [3.8, 4) is 11.5 Å². The number of cyclic esters (lactones) is 1. The summed E-state index contributed by atoms with van der Waals surface area (Å²) in [6.07, 6.45) is -0.215. The second-order valence-electron chi connectivity index (χ2n) is 5.61. The van der Waals surface area contributed by atoms with Gasteiger partial charge in [-0.15, -0.1) is 11.3 Å². The van der Waals surface area contributed by atoms with Crippen LogP contribution in [0.5, 0.6) is 0 Å². The zero-order chi connectivity index (χ0) is 18.5. The van der Waals surface area contributed by atoms with Crippen molar-refractivity contribution in [3.63, 3.8) is 0 Å². The molecule has 1 saturated heterocycles. The number of hydrogen-bond donors (Lipinski definition) is 2. The van der Waals surface area contributed by atoms with E-state index in [0.717, 1.165) is 0 Å².